The molecule has 2 heterocycles. The van der Waals surface area contributed by atoms with E-state index in [1.165, 1.54) is 5.56 Å². The Morgan fingerprint density at radius 1 is 1.22 bits per heavy atom. The lowest BCUT2D eigenvalue weighted by molar-refractivity contribution is 1.37. The predicted molar refractivity (Wildman–Crippen MR) is 76.7 cm³/mol. The number of nitrogens with two attached hydrogens (primary N) is 1. The summed E-state index contributed by atoms with van der Waals surface area (Å²) in [5.41, 5.74) is 11.2. The Balaban J connectivity index is 2.26. The molecule has 18 heavy (non-hydrogen) atoms. The van der Waals surface area contributed by atoms with Crippen molar-refractivity contribution in [3.63, 3.8) is 0 Å². The van der Waals surface area contributed by atoms with Gasteiger partial charge in [-0.1, -0.05) is 23.0 Å². The smallest absolute Gasteiger partial charge is 0.143 e. The Hall–Kier alpha value is -1.94. The number of rotatable bonds is 1. The van der Waals surface area contributed by atoms with Gasteiger partial charge in [-0.05, 0) is 37.6 Å². The van der Waals surface area contributed by atoms with E-state index in [2.05, 4.69) is 29.0 Å². The first-order chi connectivity index (χ1) is 8.65. The quantitative estimate of drug-likeness (QED) is 0.676. The monoisotopic (exact) mass is 255 g/mol. The zero-order valence-corrected chi connectivity index (χ0v) is 11.1. The molecule has 0 bridgehead atoms. The standard InChI is InChI=1S/C14H13N3S/c1-8-6-9(2)12(15)10(7-8)13-17-11-4-3-5-16-14(11)18-13/h3-7H,15H2,1-2H3. The zero-order chi connectivity index (χ0) is 12.7. The Bertz CT molecular complexity index is 698. The van der Waals surface area contributed by atoms with Crippen molar-refractivity contribution in [2.24, 2.45) is 0 Å². The lowest BCUT2D eigenvalue weighted by atomic mass is 10.1. The maximum atomic E-state index is 6.15. The minimum atomic E-state index is 0.805. The maximum absolute atomic E-state index is 6.15. The number of nitrogens with zero attached hydrogens (tertiary/aromatic N) is 2. The number of hydrogen-bond acceptors (Lipinski definition) is 4. The highest BCUT2D eigenvalue weighted by molar-refractivity contribution is 7.21. The topological polar surface area (TPSA) is 51.8 Å². The summed E-state index contributed by atoms with van der Waals surface area (Å²) < 4.78 is 0. The summed E-state index contributed by atoms with van der Waals surface area (Å²) >= 11 is 1.58. The molecule has 3 rings (SSSR count). The molecule has 0 fully saturated rings. The minimum absolute atomic E-state index is 0.805. The first-order valence-electron chi connectivity index (χ1n) is 5.74. The number of hydrogen-bond donors (Lipinski definition) is 1. The van der Waals surface area contributed by atoms with Gasteiger partial charge in [-0.25, -0.2) is 9.97 Å². The Morgan fingerprint density at radius 2 is 2.06 bits per heavy atom. The molecule has 3 aromatic rings. The first-order valence-corrected chi connectivity index (χ1v) is 6.55. The molecule has 4 heteroatoms. The average Bonchev–Trinajstić information content (AvgIpc) is 2.77. The van der Waals surface area contributed by atoms with Gasteiger partial charge in [-0.15, -0.1) is 0 Å². The first kappa shape index (κ1) is 11.2. The van der Waals surface area contributed by atoms with Crippen molar-refractivity contribution < 1.29 is 0 Å². The molecule has 0 spiro atoms. The van der Waals surface area contributed by atoms with Crippen molar-refractivity contribution in [2.45, 2.75) is 13.8 Å². The summed E-state index contributed by atoms with van der Waals surface area (Å²) in [6.07, 6.45) is 1.79. The Labute approximate surface area is 109 Å². The summed E-state index contributed by atoms with van der Waals surface area (Å²) in [4.78, 5) is 9.87. The van der Waals surface area contributed by atoms with Gasteiger partial charge in [0.2, 0.25) is 0 Å². The fraction of sp³-hybridized carbons (Fsp3) is 0.143. The molecule has 0 aliphatic heterocycles. The van der Waals surface area contributed by atoms with E-state index in [0.29, 0.717) is 0 Å². The van der Waals surface area contributed by atoms with Crippen LogP contribution in [0.2, 0.25) is 0 Å². The second-order valence-corrected chi connectivity index (χ2v) is 5.37. The van der Waals surface area contributed by atoms with E-state index in [9.17, 15) is 0 Å². The van der Waals surface area contributed by atoms with Crippen LogP contribution in [0.1, 0.15) is 11.1 Å². The van der Waals surface area contributed by atoms with Crippen molar-refractivity contribution in [1.29, 1.82) is 0 Å². The van der Waals surface area contributed by atoms with E-state index in [1.807, 2.05) is 19.1 Å². The molecule has 2 aromatic heterocycles. The second kappa shape index (κ2) is 4.07. The Kier molecular flexibility index (Phi) is 2.52. The predicted octanol–water partition coefficient (Wildman–Crippen LogP) is 3.56. The molecule has 0 amide bonds. The van der Waals surface area contributed by atoms with Gasteiger partial charge < -0.3 is 5.73 Å². The molecular weight excluding hydrogens is 242 g/mol. The number of pyridine rings is 1. The van der Waals surface area contributed by atoms with Crippen LogP contribution >= 0.6 is 11.3 Å². The molecule has 0 aliphatic carbocycles. The summed E-state index contributed by atoms with van der Waals surface area (Å²) in [7, 11) is 0. The molecule has 90 valence electrons. The van der Waals surface area contributed by atoms with Crippen molar-refractivity contribution in [3.05, 3.63) is 41.6 Å². The van der Waals surface area contributed by atoms with Crippen LogP contribution in [0.5, 0.6) is 0 Å². The summed E-state index contributed by atoms with van der Waals surface area (Å²) in [6.45, 7) is 4.10. The highest BCUT2D eigenvalue weighted by atomic mass is 32.1. The zero-order valence-electron chi connectivity index (χ0n) is 10.3. The van der Waals surface area contributed by atoms with Gasteiger partial charge in [0.15, 0.2) is 0 Å². The van der Waals surface area contributed by atoms with E-state index in [1.54, 1.807) is 17.5 Å². The van der Waals surface area contributed by atoms with Crippen LogP contribution in [-0.2, 0) is 0 Å². The largest absolute Gasteiger partial charge is 0.398 e. The van der Waals surface area contributed by atoms with E-state index in [0.717, 1.165) is 32.2 Å². The Morgan fingerprint density at radius 3 is 2.83 bits per heavy atom. The van der Waals surface area contributed by atoms with Crippen molar-refractivity contribution in [2.75, 3.05) is 5.73 Å². The fourth-order valence-electron chi connectivity index (χ4n) is 2.04. The van der Waals surface area contributed by atoms with Gasteiger partial charge in [0.1, 0.15) is 15.4 Å². The third-order valence-electron chi connectivity index (χ3n) is 2.93. The van der Waals surface area contributed by atoms with Crippen LogP contribution in [0.15, 0.2) is 30.5 Å². The van der Waals surface area contributed by atoms with Gasteiger partial charge in [0, 0.05) is 17.4 Å². The van der Waals surface area contributed by atoms with Crippen molar-refractivity contribution in [3.8, 4) is 10.6 Å². The third kappa shape index (κ3) is 1.75. The lowest BCUT2D eigenvalue weighted by Crippen LogP contribution is -1.94. The minimum Gasteiger partial charge on any atom is -0.398 e. The molecule has 1 aromatic carbocycles. The summed E-state index contributed by atoms with van der Waals surface area (Å²) in [5.74, 6) is 0. The van der Waals surface area contributed by atoms with Crippen molar-refractivity contribution in [1.82, 2.24) is 9.97 Å². The van der Waals surface area contributed by atoms with Crippen LogP contribution in [0.4, 0.5) is 5.69 Å². The van der Waals surface area contributed by atoms with E-state index in [-0.39, 0.29) is 0 Å². The molecule has 0 radical (unpaired) electrons. The fourth-order valence-corrected chi connectivity index (χ4v) is 2.98. The highest BCUT2D eigenvalue weighted by Gasteiger charge is 2.11. The molecule has 0 unspecified atom stereocenters. The van der Waals surface area contributed by atoms with Gasteiger partial charge in [0.05, 0.1) is 0 Å². The number of anilines is 1. The maximum Gasteiger partial charge on any atom is 0.143 e. The second-order valence-electron chi connectivity index (χ2n) is 4.39. The molecule has 0 atom stereocenters. The highest BCUT2D eigenvalue weighted by Crippen LogP contribution is 2.34. The van der Waals surface area contributed by atoms with E-state index >= 15 is 0 Å². The number of thiazole rings is 1. The summed E-state index contributed by atoms with van der Waals surface area (Å²) in [5, 5.41) is 0.938. The number of benzene rings is 1. The van der Waals surface area contributed by atoms with Crippen LogP contribution in [0, 0.1) is 13.8 Å². The van der Waals surface area contributed by atoms with Crippen LogP contribution in [-0.4, -0.2) is 9.97 Å². The third-order valence-corrected chi connectivity index (χ3v) is 3.94. The molecule has 3 nitrogen and oxygen atoms in total. The molecule has 0 saturated heterocycles. The molecule has 0 aliphatic rings. The van der Waals surface area contributed by atoms with Gasteiger partial charge in [-0.3, -0.25) is 0 Å². The van der Waals surface area contributed by atoms with Crippen LogP contribution in [0.3, 0.4) is 0 Å². The SMILES string of the molecule is Cc1cc(C)c(N)c(-c2nc3cccnc3s2)c1. The molecule has 2 N–H and O–H groups in total. The van der Waals surface area contributed by atoms with Gasteiger partial charge in [0.25, 0.3) is 0 Å². The van der Waals surface area contributed by atoms with Crippen LogP contribution < -0.4 is 5.73 Å². The van der Waals surface area contributed by atoms with Crippen LogP contribution in [0.25, 0.3) is 20.9 Å². The number of aryl methyl sites for hydroxylation is 2. The van der Waals surface area contributed by atoms with Gasteiger partial charge in [-0.2, -0.15) is 0 Å². The van der Waals surface area contributed by atoms with Crippen molar-refractivity contribution >= 4 is 27.4 Å². The lowest BCUT2D eigenvalue weighted by Gasteiger charge is -2.07. The van der Waals surface area contributed by atoms with E-state index < -0.39 is 0 Å². The van der Waals surface area contributed by atoms with E-state index in [4.69, 9.17) is 5.73 Å². The molecule has 0 saturated carbocycles. The van der Waals surface area contributed by atoms with Gasteiger partial charge >= 0.3 is 0 Å². The molecular formula is C14H13N3S. The number of aromatic nitrogens is 2. The average molecular weight is 255 g/mol. The number of nitrogen functional groups attached to an aromatic ring is 1. The summed E-state index contributed by atoms with van der Waals surface area (Å²) in [6, 6.07) is 8.04. The normalized spacial score (nSPS) is 11.0. The number of fused-ring (bicyclic) bond motifs is 1.